The smallest absolute Gasteiger partial charge is 0.0711 e. The van der Waals surface area contributed by atoms with Gasteiger partial charge < -0.3 is 5.11 Å². The van der Waals surface area contributed by atoms with E-state index in [9.17, 15) is 5.11 Å². The molecular weight excluding hydrogens is 384 g/mol. The molecule has 5 fully saturated rings. The summed E-state index contributed by atoms with van der Waals surface area (Å²) in [6, 6.07) is 0. The molecule has 2 unspecified atom stereocenters. The van der Waals surface area contributed by atoms with Crippen LogP contribution < -0.4 is 0 Å². The minimum absolute atomic E-state index is 0.274. The maximum atomic E-state index is 11.0. The van der Waals surface area contributed by atoms with E-state index in [1.165, 1.54) is 50.3 Å². The Hall–Kier alpha value is 0.440. The first-order chi connectivity index (χ1) is 12.3. The van der Waals surface area contributed by atoms with Crippen LogP contribution in [0, 0.1) is 58.2 Å². The zero-order valence-electron chi connectivity index (χ0n) is 17.3. The van der Waals surface area contributed by atoms with Crippen molar-refractivity contribution < 1.29 is 5.11 Å². The summed E-state index contributed by atoms with van der Waals surface area (Å²) in [6.07, 6.45) is 11.1. The van der Waals surface area contributed by atoms with E-state index in [0.717, 1.165) is 41.9 Å². The third kappa shape index (κ3) is 2.13. The topological polar surface area (TPSA) is 20.2 Å². The highest BCUT2D eigenvalue weighted by molar-refractivity contribution is 9.09. The van der Waals surface area contributed by atoms with Gasteiger partial charge in [-0.15, -0.1) is 0 Å². The van der Waals surface area contributed by atoms with Crippen molar-refractivity contribution in [3.05, 3.63) is 0 Å². The summed E-state index contributed by atoms with van der Waals surface area (Å²) in [5.41, 5.74) is 0.842. The minimum Gasteiger partial charge on any atom is -0.389 e. The van der Waals surface area contributed by atoms with Crippen LogP contribution in [0.4, 0.5) is 0 Å². The molecule has 0 saturated heterocycles. The van der Waals surface area contributed by atoms with E-state index in [-0.39, 0.29) is 5.60 Å². The van der Waals surface area contributed by atoms with Crippen LogP contribution in [0.5, 0.6) is 0 Å². The van der Waals surface area contributed by atoms with Crippen LogP contribution in [-0.4, -0.2) is 16.0 Å². The molecule has 5 saturated carbocycles. The van der Waals surface area contributed by atoms with Gasteiger partial charge in [-0.2, -0.15) is 0 Å². The Bertz CT molecular complexity index is 591. The van der Waals surface area contributed by atoms with Gasteiger partial charge in [0, 0.05) is 5.33 Å². The van der Waals surface area contributed by atoms with Crippen molar-refractivity contribution in [1.82, 2.24) is 0 Å². The Morgan fingerprint density at radius 1 is 0.923 bits per heavy atom. The van der Waals surface area contributed by atoms with Crippen LogP contribution in [0.3, 0.4) is 0 Å². The monoisotopic (exact) mass is 422 g/mol. The number of halogens is 1. The van der Waals surface area contributed by atoms with Crippen LogP contribution >= 0.6 is 15.9 Å². The summed E-state index contributed by atoms with van der Waals surface area (Å²) in [6.45, 7) is 10.1. The van der Waals surface area contributed by atoms with Gasteiger partial charge in [-0.05, 0) is 110 Å². The van der Waals surface area contributed by atoms with Crippen LogP contribution in [0.15, 0.2) is 0 Å². The van der Waals surface area contributed by atoms with Crippen molar-refractivity contribution >= 4 is 15.9 Å². The number of alkyl halides is 1. The van der Waals surface area contributed by atoms with Crippen LogP contribution in [0.1, 0.15) is 79.1 Å². The van der Waals surface area contributed by atoms with E-state index in [1.807, 2.05) is 0 Å². The lowest BCUT2D eigenvalue weighted by Crippen LogP contribution is -2.54. The number of hydrogen-bond donors (Lipinski definition) is 1. The highest BCUT2D eigenvalue weighted by atomic mass is 79.9. The van der Waals surface area contributed by atoms with Gasteiger partial charge in [0.15, 0.2) is 0 Å². The fourth-order valence-electron chi connectivity index (χ4n) is 9.74. The van der Waals surface area contributed by atoms with E-state index in [2.05, 4.69) is 43.6 Å². The SMILES string of the molecule is CC1C2[C@H]3CC[C@@H]4[C@H](CC[C@]5(C)[C@@H]([C@@H](C)CBr)CC[C@@H]45)[C@@]3(C)CC[C@]12O. The second kappa shape index (κ2) is 5.74. The fraction of sp³-hybridized carbons (Fsp3) is 1.00. The summed E-state index contributed by atoms with van der Waals surface area (Å²) >= 11 is 3.79. The summed E-state index contributed by atoms with van der Waals surface area (Å²) in [5.74, 6) is 6.64. The second-order valence-electron chi connectivity index (χ2n) is 11.7. The molecule has 0 heterocycles. The molecule has 1 N–H and O–H groups in total. The summed E-state index contributed by atoms with van der Waals surface area (Å²) < 4.78 is 0. The zero-order valence-corrected chi connectivity index (χ0v) is 18.9. The molecule has 11 atom stereocenters. The molecule has 0 spiro atoms. The first kappa shape index (κ1) is 18.5. The molecule has 0 aromatic carbocycles. The summed E-state index contributed by atoms with van der Waals surface area (Å²) in [4.78, 5) is 0. The molecule has 0 bridgehead atoms. The fourth-order valence-corrected chi connectivity index (χ4v) is 10.2. The van der Waals surface area contributed by atoms with Gasteiger partial charge in [-0.1, -0.05) is 43.6 Å². The molecule has 0 aliphatic heterocycles. The largest absolute Gasteiger partial charge is 0.389 e. The summed E-state index contributed by atoms with van der Waals surface area (Å²) in [7, 11) is 0. The Balaban J connectivity index is 1.42. The predicted octanol–water partition coefficient (Wildman–Crippen LogP) is 6.28. The van der Waals surface area contributed by atoms with Crippen LogP contribution in [-0.2, 0) is 0 Å². The molecular formula is C24H39BrO. The minimum atomic E-state index is -0.274. The van der Waals surface area contributed by atoms with Crippen molar-refractivity contribution in [3.8, 4) is 0 Å². The van der Waals surface area contributed by atoms with E-state index < -0.39 is 0 Å². The number of hydrogen-bond acceptors (Lipinski definition) is 1. The Kier molecular flexibility index (Phi) is 4.08. The third-order valence-corrected chi connectivity index (χ3v) is 12.3. The van der Waals surface area contributed by atoms with Crippen LogP contribution in [0.2, 0.25) is 0 Å². The van der Waals surface area contributed by atoms with Gasteiger partial charge >= 0.3 is 0 Å². The Morgan fingerprint density at radius 2 is 1.62 bits per heavy atom. The highest BCUT2D eigenvalue weighted by Gasteiger charge is 2.72. The molecule has 0 aromatic heterocycles. The first-order valence-electron chi connectivity index (χ1n) is 11.6. The van der Waals surface area contributed by atoms with Crippen molar-refractivity contribution in [2.24, 2.45) is 58.2 Å². The van der Waals surface area contributed by atoms with E-state index in [1.54, 1.807) is 0 Å². The van der Waals surface area contributed by atoms with Crippen molar-refractivity contribution in [1.29, 1.82) is 0 Å². The lowest BCUT2D eigenvalue weighted by Gasteiger charge is -2.61. The maximum Gasteiger partial charge on any atom is 0.0711 e. The quantitative estimate of drug-likeness (QED) is 0.518. The number of rotatable bonds is 2. The second-order valence-corrected chi connectivity index (χ2v) is 12.4. The number of fused-ring (bicyclic) bond motifs is 7. The predicted molar refractivity (Wildman–Crippen MR) is 111 cm³/mol. The highest BCUT2D eigenvalue weighted by Crippen LogP contribution is 2.74. The molecule has 0 radical (unpaired) electrons. The molecule has 26 heavy (non-hydrogen) atoms. The maximum absolute atomic E-state index is 11.0. The van der Waals surface area contributed by atoms with Crippen molar-refractivity contribution in [2.45, 2.75) is 84.7 Å². The van der Waals surface area contributed by atoms with Gasteiger partial charge in [0.1, 0.15) is 0 Å². The van der Waals surface area contributed by atoms with E-state index in [4.69, 9.17) is 0 Å². The Morgan fingerprint density at radius 3 is 2.35 bits per heavy atom. The van der Waals surface area contributed by atoms with Gasteiger partial charge in [0.2, 0.25) is 0 Å². The molecule has 0 aromatic rings. The van der Waals surface area contributed by atoms with Gasteiger partial charge in [-0.25, -0.2) is 0 Å². The first-order valence-corrected chi connectivity index (χ1v) is 12.7. The Labute approximate surface area is 169 Å². The lowest BCUT2D eigenvalue weighted by atomic mass is 9.44. The third-order valence-electron chi connectivity index (χ3n) is 11.2. The van der Waals surface area contributed by atoms with E-state index >= 15 is 0 Å². The van der Waals surface area contributed by atoms with Gasteiger partial charge in [0.25, 0.3) is 0 Å². The average molecular weight is 423 g/mol. The zero-order chi connectivity index (χ0) is 18.5. The average Bonchev–Trinajstić information content (AvgIpc) is 2.99. The molecule has 2 heteroatoms. The van der Waals surface area contributed by atoms with Crippen molar-refractivity contribution in [2.75, 3.05) is 5.33 Å². The molecule has 5 rings (SSSR count). The van der Waals surface area contributed by atoms with Gasteiger partial charge in [-0.3, -0.25) is 0 Å². The molecule has 5 aliphatic rings. The normalized spacial score (nSPS) is 61.8. The molecule has 148 valence electrons. The molecule has 0 amide bonds. The van der Waals surface area contributed by atoms with Crippen LogP contribution in [0.25, 0.3) is 0 Å². The molecule has 1 nitrogen and oxygen atoms in total. The number of aliphatic hydroxyl groups is 1. The van der Waals surface area contributed by atoms with E-state index in [0.29, 0.717) is 22.7 Å². The molecule has 5 aliphatic carbocycles. The summed E-state index contributed by atoms with van der Waals surface area (Å²) in [5, 5.41) is 12.1. The van der Waals surface area contributed by atoms with Gasteiger partial charge in [0.05, 0.1) is 5.60 Å². The lowest BCUT2D eigenvalue weighted by molar-refractivity contribution is -0.131. The van der Waals surface area contributed by atoms with Crippen molar-refractivity contribution in [3.63, 3.8) is 0 Å². The standard InChI is InChI=1S/C24H39BrO/c1-14(13-25)17-7-8-18-16-5-6-20-21-15(2)24(21,26)12-11-23(20,4)19(16)9-10-22(17,18)3/h14-21,26H,5-13H2,1-4H3/t14-,15?,16-,17+,18-,19-,20+,21?,22+,23+,24-/m0/s1.